The fourth-order valence-electron chi connectivity index (χ4n) is 3.00. The lowest BCUT2D eigenvalue weighted by atomic mass is 10.1. The van der Waals surface area contributed by atoms with Crippen molar-refractivity contribution in [3.05, 3.63) is 52.8 Å². The Morgan fingerprint density at radius 2 is 1.96 bits per heavy atom. The molecule has 1 aromatic carbocycles. The van der Waals surface area contributed by atoms with E-state index in [0.717, 1.165) is 41.6 Å². The second-order valence-electron chi connectivity index (χ2n) is 6.45. The number of nitrogens with one attached hydrogen (secondary N) is 1. The third kappa shape index (κ3) is 5.08. The second kappa shape index (κ2) is 8.10. The van der Waals surface area contributed by atoms with Crippen molar-refractivity contribution in [1.82, 2.24) is 20.0 Å². The van der Waals surface area contributed by atoms with Crippen LogP contribution in [0.4, 0.5) is 13.2 Å². The van der Waals surface area contributed by atoms with Gasteiger partial charge in [-0.05, 0) is 11.1 Å². The van der Waals surface area contributed by atoms with Gasteiger partial charge in [-0.3, -0.25) is 14.4 Å². The summed E-state index contributed by atoms with van der Waals surface area (Å²) in [6, 6.07) is 7.65. The Morgan fingerprint density at radius 1 is 1.26 bits per heavy atom. The van der Waals surface area contributed by atoms with Gasteiger partial charge in [-0.1, -0.05) is 24.3 Å². The number of benzene rings is 1. The summed E-state index contributed by atoms with van der Waals surface area (Å²) in [5.41, 5.74) is 0.255. The molecule has 1 aromatic heterocycles. The molecule has 0 bridgehead atoms. The molecule has 0 atom stereocenters. The van der Waals surface area contributed by atoms with Crippen molar-refractivity contribution in [1.29, 1.82) is 0 Å². The van der Waals surface area contributed by atoms with Crippen LogP contribution in [0.5, 0.6) is 0 Å². The van der Waals surface area contributed by atoms with Crippen LogP contribution >= 0.6 is 0 Å². The van der Waals surface area contributed by atoms with E-state index >= 15 is 0 Å². The van der Waals surface area contributed by atoms with Gasteiger partial charge >= 0.3 is 6.18 Å². The number of ether oxygens (including phenoxy) is 1. The van der Waals surface area contributed by atoms with Crippen molar-refractivity contribution in [2.75, 3.05) is 26.3 Å². The summed E-state index contributed by atoms with van der Waals surface area (Å²) in [6.07, 6.45) is -3.60. The lowest BCUT2D eigenvalue weighted by Gasteiger charge is -2.26. The van der Waals surface area contributed by atoms with E-state index in [1.165, 1.54) is 7.05 Å². The van der Waals surface area contributed by atoms with Gasteiger partial charge in [0.15, 0.2) is 5.69 Å². The largest absolute Gasteiger partial charge is 0.435 e. The molecule has 146 valence electrons. The number of aryl methyl sites for hydroxylation is 1. The molecule has 0 spiro atoms. The lowest BCUT2D eigenvalue weighted by Crippen LogP contribution is -2.35. The fourth-order valence-corrected chi connectivity index (χ4v) is 3.00. The first-order valence-corrected chi connectivity index (χ1v) is 8.60. The van der Waals surface area contributed by atoms with Crippen LogP contribution in [0.2, 0.25) is 0 Å². The molecule has 1 aliphatic heterocycles. The van der Waals surface area contributed by atoms with Gasteiger partial charge in [-0.25, -0.2) is 0 Å². The Morgan fingerprint density at radius 3 is 2.67 bits per heavy atom. The average Bonchev–Trinajstić information content (AvgIpc) is 3.03. The summed E-state index contributed by atoms with van der Waals surface area (Å²) in [6.45, 7) is 4.06. The third-order valence-corrected chi connectivity index (χ3v) is 4.30. The van der Waals surface area contributed by atoms with Crippen LogP contribution in [0.3, 0.4) is 0 Å². The second-order valence-corrected chi connectivity index (χ2v) is 6.45. The van der Waals surface area contributed by atoms with Crippen molar-refractivity contribution >= 4 is 5.91 Å². The predicted molar refractivity (Wildman–Crippen MR) is 91.9 cm³/mol. The van der Waals surface area contributed by atoms with Crippen LogP contribution in [0.1, 0.15) is 27.2 Å². The van der Waals surface area contributed by atoms with Crippen molar-refractivity contribution in [3.8, 4) is 0 Å². The number of hydrogen-bond acceptors (Lipinski definition) is 4. The van der Waals surface area contributed by atoms with Crippen LogP contribution < -0.4 is 5.32 Å². The molecule has 3 rings (SSSR count). The summed E-state index contributed by atoms with van der Waals surface area (Å²) >= 11 is 0. The molecule has 1 aliphatic rings. The molecule has 2 aromatic rings. The van der Waals surface area contributed by atoms with Gasteiger partial charge in [0.25, 0.3) is 5.91 Å². The summed E-state index contributed by atoms with van der Waals surface area (Å²) in [5.74, 6) is -0.797. The van der Waals surface area contributed by atoms with Crippen LogP contribution in [-0.2, 0) is 31.1 Å². The Labute approximate surface area is 154 Å². The normalized spacial score (nSPS) is 15.7. The molecular weight excluding hydrogens is 361 g/mol. The van der Waals surface area contributed by atoms with Crippen LogP contribution in [0, 0.1) is 0 Å². The number of aromatic nitrogens is 2. The van der Waals surface area contributed by atoms with Crippen molar-refractivity contribution in [3.63, 3.8) is 0 Å². The van der Waals surface area contributed by atoms with Crippen molar-refractivity contribution < 1.29 is 22.7 Å². The van der Waals surface area contributed by atoms with Gasteiger partial charge in [0.05, 0.1) is 18.8 Å². The Kier molecular flexibility index (Phi) is 5.81. The maximum absolute atomic E-state index is 13.0. The number of rotatable bonds is 5. The van der Waals surface area contributed by atoms with Crippen LogP contribution in [0.15, 0.2) is 30.5 Å². The molecule has 1 amide bonds. The highest BCUT2D eigenvalue weighted by atomic mass is 19.4. The number of morpholine rings is 1. The molecule has 1 N–H and O–H groups in total. The highest BCUT2D eigenvalue weighted by Gasteiger charge is 2.38. The highest BCUT2D eigenvalue weighted by molar-refractivity contribution is 5.95. The average molecular weight is 382 g/mol. The fraction of sp³-hybridized carbons (Fsp3) is 0.444. The first-order chi connectivity index (χ1) is 12.8. The summed E-state index contributed by atoms with van der Waals surface area (Å²) in [5, 5.41) is 5.90. The number of alkyl halides is 3. The van der Waals surface area contributed by atoms with Gasteiger partial charge in [-0.2, -0.15) is 18.3 Å². The highest BCUT2D eigenvalue weighted by Crippen LogP contribution is 2.30. The predicted octanol–water partition coefficient (Wildman–Crippen LogP) is 2.20. The van der Waals surface area contributed by atoms with E-state index in [0.29, 0.717) is 13.2 Å². The first-order valence-electron chi connectivity index (χ1n) is 8.60. The van der Waals surface area contributed by atoms with E-state index in [-0.39, 0.29) is 6.54 Å². The molecule has 27 heavy (non-hydrogen) atoms. The quantitative estimate of drug-likeness (QED) is 0.862. The zero-order valence-corrected chi connectivity index (χ0v) is 14.9. The Bertz CT molecular complexity index is 798. The van der Waals surface area contributed by atoms with Gasteiger partial charge < -0.3 is 10.1 Å². The lowest BCUT2D eigenvalue weighted by molar-refractivity contribution is -0.141. The Balaban J connectivity index is 1.63. The molecule has 1 fully saturated rings. The molecule has 9 heteroatoms. The van der Waals surface area contributed by atoms with Crippen LogP contribution in [0.25, 0.3) is 0 Å². The maximum Gasteiger partial charge on any atom is 0.435 e. The molecular formula is C18H21F3N4O2. The zero-order valence-electron chi connectivity index (χ0n) is 14.9. The van der Waals surface area contributed by atoms with E-state index in [4.69, 9.17) is 4.74 Å². The molecule has 0 radical (unpaired) electrons. The molecule has 0 aliphatic carbocycles. The zero-order chi connectivity index (χ0) is 19.4. The number of carbonyl (C=O) groups is 1. The number of amides is 1. The van der Waals surface area contributed by atoms with Crippen molar-refractivity contribution in [2.24, 2.45) is 7.05 Å². The minimum absolute atomic E-state index is 0.141. The summed E-state index contributed by atoms with van der Waals surface area (Å²) < 4.78 is 45.3. The van der Waals surface area contributed by atoms with Gasteiger partial charge in [-0.15, -0.1) is 0 Å². The number of hydrogen-bond donors (Lipinski definition) is 1. The summed E-state index contributed by atoms with van der Waals surface area (Å²) in [7, 11) is 1.35. The molecule has 6 nitrogen and oxygen atoms in total. The first kappa shape index (κ1) is 19.4. The molecule has 2 heterocycles. The van der Waals surface area contributed by atoms with E-state index < -0.39 is 23.3 Å². The minimum atomic E-state index is -4.67. The van der Waals surface area contributed by atoms with Gasteiger partial charge in [0.1, 0.15) is 0 Å². The van der Waals surface area contributed by atoms with E-state index in [9.17, 15) is 18.0 Å². The van der Waals surface area contributed by atoms with Gasteiger partial charge in [0, 0.05) is 39.4 Å². The van der Waals surface area contributed by atoms with E-state index in [2.05, 4.69) is 15.3 Å². The third-order valence-electron chi connectivity index (χ3n) is 4.30. The number of nitrogens with zero attached hydrogens (tertiary/aromatic N) is 3. The number of carbonyl (C=O) groups excluding carboxylic acids is 1. The van der Waals surface area contributed by atoms with Crippen molar-refractivity contribution in [2.45, 2.75) is 19.3 Å². The Hall–Kier alpha value is -2.39. The maximum atomic E-state index is 13.0. The molecule has 1 saturated heterocycles. The topological polar surface area (TPSA) is 59.4 Å². The molecule has 0 saturated carbocycles. The van der Waals surface area contributed by atoms with Crippen LogP contribution in [-0.4, -0.2) is 46.9 Å². The standard InChI is InChI=1S/C18H21F3N4O2/c1-24-12-15(16(23-24)18(19,20)21)17(26)22-10-13-3-2-4-14(9-13)11-25-5-7-27-8-6-25/h2-4,9,12H,5-8,10-11H2,1H3,(H,22,26). The summed E-state index contributed by atoms with van der Waals surface area (Å²) in [4.78, 5) is 14.5. The number of halogens is 3. The smallest absolute Gasteiger partial charge is 0.379 e. The molecule has 0 unspecified atom stereocenters. The SMILES string of the molecule is Cn1cc(C(=O)NCc2cccc(CN3CCOCC3)c2)c(C(F)(F)F)n1. The monoisotopic (exact) mass is 382 g/mol. The van der Waals surface area contributed by atoms with E-state index in [1.54, 1.807) is 0 Å². The van der Waals surface area contributed by atoms with E-state index in [1.807, 2.05) is 24.3 Å². The van der Waals surface area contributed by atoms with Gasteiger partial charge in [0.2, 0.25) is 0 Å². The minimum Gasteiger partial charge on any atom is -0.379 e.